The van der Waals surface area contributed by atoms with Gasteiger partial charge in [-0.1, -0.05) is 42.0 Å². The predicted molar refractivity (Wildman–Crippen MR) is 161 cm³/mol. The number of hydrogen-bond donors (Lipinski definition) is 2. The third-order valence-electron chi connectivity index (χ3n) is 6.04. The second-order valence-electron chi connectivity index (χ2n) is 9.09. The molecule has 1 aromatic heterocycles. The maximum Gasteiger partial charge on any atom is 0.271 e. The molecule has 0 unspecified atom stereocenters. The van der Waals surface area contributed by atoms with Gasteiger partial charge in [-0.2, -0.15) is 5.10 Å². The summed E-state index contributed by atoms with van der Waals surface area (Å²) in [7, 11) is 0. The van der Waals surface area contributed by atoms with Gasteiger partial charge < -0.3 is 10.1 Å². The van der Waals surface area contributed by atoms with E-state index in [4.69, 9.17) is 4.74 Å². The van der Waals surface area contributed by atoms with Crippen molar-refractivity contribution in [3.05, 3.63) is 135 Å². The molecule has 0 aliphatic carbocycles. The van der Waals surface area contributed by atoms with Gasteiger partial charge in [-0.3, -0.25) is 14.9 Å². The number of hydrazone groups is 1. The van der Waals surface area contributed by atoms with E-state index in [1.807, 2.05) is 48.7 Å². The summed E-state index contributed by atoms with van der Waals surface area (Å²) < 4.78 is 5.71. The van der Waals surface area contributed by atoms with E-state index in [9.17, 15) is 14.9 Å². The molecule has 0 aliphatic rings. The van der Waals surface area contributed by atoms with Gasteiger partial charge in [0.25, 0.3) is 11.6 Å². The van der Waals surface area contributed by atoms with E-state index >= 15 is 0 Å². The van der Waals surface area contributed by atoms with Crippen LogP contribution in [0.1, 0.15) is 27.0 Å². The number of rotatable bonds is 10. The number of aryl methyl sites for hydroxylation is 1. The molecule has 41 heavy (non-hydrogen) atoms. The number of nitrogens with zero attached hydrogens (tertiary/aromatic N) is 3. The van der Waals surface area contributed by atoms with E-state index in [-0.39, 0.29) is 18.2 Å². The van der Waals surface area contributed by atoms with Gasteiger partial charge in [0.15, 0.2) is 5.13 Å². The number of anilines is 2. The Morgan fingerprint density at radius 2 is 1.78 bits per heavy atom. The Morgan fingerprint density at radius 1 is 1.02 bits per heavy atom. The number of carbonyl (C=O) groups is 1. The van der Waals surface area contributed by atoms with Crippen LogP contribution in [0.5, 0.6) is 5.75 Å². The number of nitrogens with one attached hydrogen (secondary N) is 2. The Balaban J connectivity index is 1.11. The highest BCUT2D eigenvalue weighted by atomic mass is 32.1. The summed E-state index contributed by atoms with van der Waals surface area (Å²) in [6, 6.07) is 28.7. The lowest BCUT2D eigenvalue weighted by molar-refractivity contribution is -0.384. The molecule has 0 bridgehead atoms. The van der Waals surface area contributed by atoms with Crippen molar-refractivity contribution in [3.63, 3.8) is 0 Å². The van der Waals surface area contributed by atoms with Crippen molar-refractivity contribution < 1.29 is 14.5 Å². The lowest BCUT2D eigenvalue weighted by atomic mass is 10.1. The minimum absolute atomic E-state index is 0.0239. The van der Waals surface area contributed by atoms with Crippen LogP contribution in [0.3, 0.4) is 0 Å². The summed E-state index contributed by atoms with van der Waals surface area (Å²) in [6.07, 6.45) is 1.54. The summed E-state index contributed by atoms with van der Waals surface area (Å²) in [5.74, 6) is 0.278. The second-order valence-corrected chi connectivity index (χ2v) is 9.95. The van der Waals surface area contributed by atoms with E-state index in [2.05, 4.69) is 20.8 Å². The highest BCUT2D eigenvalue weighted by Crippen LogP contribution is 2.27. The minimum atomic E-state index is -0.436. The van der Waals surface area contributed by atoms with E-state index in [1.54, 1.807) is 48.5 Å². The molecule has 10 heteroatoms. The average molecular weight is 564 g/mol. The Bertz CT molecular complexity index is 1680. The Kier molecular flexibility index (Phi) is 8.41. The number of nitro groups is 1. The molecule has 0 saturated heterocycles. The SMILES string of the molecule is Cc1ccc(Nc2nc(-c3ccc(C(=O)N/N=C\c4ccc(OCc5cccc([N+](=O)[O-])c5)cc4)cc3)cs2)cc1. The van der Waals surface area contributed by atoms with Gasteiger partial charge in [-0.25, -0.2) is 10.4 Å². The maximum absolute atomic E-state index is 12.5. The lowest BCUT2D eigenvalue weighted by Gasteiger charge is -2.06. The third-order valence-corrected chi connectivity index (χ3v) is 6.79. The zero-order valence-electron chi connectivity index (χ0n) is 22.0. The quantitative estimate of drug-likeness (QED) is 0.106. The number of non-ortho nitro benzene ring substituents is 1. The molecule has 0 saturated carbocycles. The summed E-state index contributed by atoms with van der Waals surface area (Å²) in [4.78, 5) is 27.7. The normalized spacial score (nSPS) is 10.9. The molecule has 5 aromatic rings. The fourth-order valence-electron chi connectivity index (χ4n) is 3.82. The predicted octanol–water partition coefficient (Wildman–Crippen LogP) is 7.11. The molecular weight excluding hydrogens is 538 g/mol. The molecule has 0 atom stereocenters. The van der Waals surface area contributed by atoms with Gasteiger partial charge in [0.2, 0.25) is 0 Å². The Labute approximate surface area is 240 Å². The van der Waals surface area contributed by atoms with Crippen LogP contribution in [0, 0.1) is 17.0 Å². The van der Waals surface area contributed by atoms with Gasteiger partial charge in [-0.05, 0) is 66.6 Å². The Morgan fingerprint density at radius 3 is 2.51 bits per heavy atom. The molecule has 2 N–H and O–H groups in total. The fourth-order valence-corrected chi connectivity index (χ4v) is 4.56. The summed E-state index contributed by atoms with van der Waals surface area (Å²) in [5, 5.41) is 21.0. The van der Waals surface area contributed by atoms with Crippen molar-refractivity contribution in [1.82, 2.24) is 10.4 Å². The maximum atomic E-state index is 12.5. The topological polar surface area (TPSA) is 119 Å². The van der Waals surface area contributed by atoms with Crippen LogP contribution in [-0.2, 0) is 6.61 Å². The Hall–Kier alpha value is -5.35. The average Bonchev–Trinajstić information content (AvgIpc) is 3.46. The van der Waals surface area contributed by atoms with Crippen LogP contribution in [-0.4, -0.2) is 22.0 Å². The van der Waals surface area contributed by atoms with Gasteiger partial charge >= 0.3 is 0 Å². The monoisotopic (exact) mass is 563 g/mol. The highest BCUT2D eigenvalue weighted by Gasteiger charge is 2.09. The van der Waals surface area contributed by atoms with Crippen molar-refractivity contribution in [1.29, 1.82) is 0 Å². The number of benzene rings is 4. The molecule has 0 radical (unpaired) electrons. The molecule has 1 heterocycles. The van der Waals surface area contributed by atoms with Crippen LogP contribution in [0.4, 0.5) is 16.5 Å². The largest absolute Gasteiger partial charge is 0.489 e. The lowest BCUT2D eigenvalue weighted by Crippen LogP contribution is -2.17. The summed E-state index contributed by atoms with van der Waals surface area (Å²) in [6.45, 7) is 2.25. The standard InChI is InChI=1S/C31H25N5O4S/c1-21-5-13-26(14-6-21)33-31-34-29(20-41-31)24-9-11-25(12-10-24)30(37)35-32-18-22-7-15-28(16-8-22)40-19-23-3-2-4-27(17-23)36(38)39/h2-18,20H,19H2,1H3,(H,33,34)(H,35,37)/b32-18-. The number of amides is 1. The first-order valence-electron chi connectivity index (χ1n) is 12.6. The fraction of sp³-hybridized carbons (Fsp3) is 0.0645. The molecule has 1 amide bonds. The van der Waals surface area contributed by atoms with Crippen LogP contribution < -0.4 is 15.5 Å². The highest BCUT2D eigenvalue weighted by molar-refractivity contribution is 7.14. The van der Waals surface area contributed by atoms with E-state index in [0.29, 0.717) is 16.9 Å². The van der Waals surface area contributed by atoms with Crippen LogP contribution >= 0.6 is 11.3 Å². The van der Waals surface area contributed by atoms with Crippen LogP contribution in [0.2, 0.25) is 0 Å². The molecule has 0 fully saturated rings. The van der Waals surface area contributed by atoms with Crippen molar-refractivity contribution >= 4 is 40.0 Å². The van der Waals surface area contributed by atoms with Crippen LogP contribution in [0.15, 0.2) is 108 Å². The summed E-state index contributed by atoms with van der Waals surface area (Å²) >= 11 is 1.52. The number of hydrogen-bond acceptors (Lipinski definition) is 8. The van der Waals surface area contributed by atoms with Crippen molar-refractivity contribution in [3.8, 4) is 17.0 Å². The first-order valence-corrected chi connectivity index (χ1v) is 13.5. The summed E-state index contributed by atoms with van der Waals surface area (Å²) in [5.41, 5.74) is 8.41. The number of aromatic nitrogens is 1. The second kappa shape index (κ2) is 12.7. The molecule has 5 rings (SSSR count). The van der Waals surface area contributed by atoms with Gasteiger partial charge in [-0.15, -0.1) is 11.3 Å². The first kappa shape index (κ1) is 27.2. The number of nitro benzene ring substituents is 1. The van der Waals surface area contributed by atoms with Crippen molar-refractivity contribution in [2.24, 2.45) is 5.10 Å². The molecule has 4 aromatic carbocycles. The van der Waals surface area contributed by atoms with Gasteiger partial charge in [0, 0.05) is 34.3 Å². The number of thiazole rings is 1. The van der Waals surface area contributed by atoms with Crippen LogP contribution in [0.25, 0.3) is 11.3 Å². The number of carbonyl (C=O) groups excluding carboxylic acids is 1. The number of ether oxygens (including phenoxy) is 1. The van der Waals surface area contributed by atoms with E-state index in [1.165, 1.54) is 35.2 Å². The molecular formula is C31H25N5O4S. The van der Waals surface area contributed by atoms with E-state index < -0.39 is 4.92 Å². The molecule has 0 aliphatic heterocycles. The molecule has 9 nitrogen and oxygen atoms in total. The van der Waals surface area contributed by atoms with Gasteiger partial charge in [0.05, 0.1) is 16.8 Å². The first-order chi connectivity index (χ1) is 19.9. The minimum Gasteiger partial charge on any atom is -0.489 e. The molecule has 0 spiro atoms. The third kappa shape index (κ3) is 7.40. The van der Waals surface area contributed by atoms with Gasteiger partial charge in [0.1, 0.15) is 12.4 Å². The zero-order chi connectivity index (χ0) is 28.6. The molecule has 204 valence electrons. The smallest absolute Gasteiger partial charge is 0.271 e. The van der Waals surface area contributed by atoms with Crippen molar-refractivity contribution in [2.75, 3.05) is 5.32 Å². The van der Waals surface area contributed by atoms with Crippen molar-refractivity contribution in [2.45, 2.75) is 13.5 Å². The van der Waals surface area contributed by atoms with E-state index in [0.717, 1.165) is 27.6 Å². The zero-order valence-corrected chi connectivity index (χ0v) is 22.8.